The van der Waals surface area contributed by atoms with E-state index < -0.39 is 5.82 Å². The largest absolute Gasteiger partial charge is 0.336 e. The zero-order valence-corrected chi connectivity index (χ0v) is 12.9. The van der Waals surface area contributed by atoms with Crippen molar-refractivity contribution in [1.29, 1.82) is 0 Å². The van der Waals surface area contributed by atoms with Crippen molar-refractivity contribution < 1.29 is 9.18 Å². The van der Waals surface area contributed by atoms with Crippen LogP contribution in [0.25, 0.3) is 0 Å². The Balaban J connectivity index is 2.23. The Hall–Kier alpha value is -0.610. The Kier molecular flexibility index (Phi) is 5.22. The van der Waals surface area contributed by atoms with E-state index >= 15 is 0 Å². The van der Waals surface area contributed by atoms with Crippen LogP contribution in [0.2, 0.25) is 0 Å². The summed E-state index contributed by atoms with van der Waals surface area (Å²) < 4.78 is 13.9. The second-order valence-corrected chi connectivity index (χ2v) is 5.98. The lowest BCUT2D eigenvalue weighted by Crippen LogP contribution is -2.44. The molecule has 1 saturated heterocycles. The molecule has 2 rings (SSSR count). The van der Waals surface area contributed by atoms with Gasteiger partial charge in [0.25, 0.3) is 5.91 Å². The Morgan fingerprint density at radius 3 is 3.00 bits per heavy atom. The van der Waals surface area contributed by atoms with Gasteiger partial charge < -0.3 is 4.90 Å². The highest BCUT2D eigenvalue weighted by Gasteiger charge is 2.28. The first-order valence-corrected chi connectivity index (χ1v) is 7.78. The van der Waals surface area contributed by atoms with E-state index in [-0.39, 0.29) is 11.9 Å². The van der Waals surface area contributed by atoms with E-state index in [1.165, 1.54) is 12.1 Å². The van der Waals surface area contributed by atoms with Crippen molar-refractivity contribution in [2.24, 2.45) is 0 Å². The third-order valence-corrected chi connectivity index (χ3v) is 4.40. The van der Waals surface area contributed by atoms with Gasteiger partial charge >= 0.3 is 0 Å². The summed E-state index contributed by atoms with van der Waals surface area (Å²) in [4.78, 5) is 14.4. The summed E-state index contributed by atoms with van der Waals surface area (Å²) in [7, 11) is 0. The lowest BCUT2D eigenvalue weighted by Gasteiger charge is -2.35. The first-order valence-electron chi connectivity index (χ1n) is 6.45. The van der Waals surface area contributed by atoms with Gasteiger partial charge in [-0.15, -0.1) is 11.6 Å². The van der Waals surface area contributed by atoms with E-state index in [4.69, 9.17) is 11.6 Å². The Bertz CT molecular complexity index is 467. The number of halogens is 3. The van der Waals surface area contributed by atoms with Gasteiger partial charge in [0, 0.05) is 22.9 Å². The fraction of sp³-hybridized carbons (Fsp3) is 0.500. The molecule has 1 amide bonds. The van der Waals surface area contributed by atoms with Crippen LogP contribution in [0.3, 0.4) is 0 Å². The number of piperidine rings is 1. The summed E-state index contributed by atoms with van der Waals surface area (Å²) in [6.45, 7) is 0.726. The zero-order valence-electron chi connectivity index (χ0n) is 10.5. The van der Waals surface area contributed by atoms with Crippen LogP contribution in [0.4, 0.5) is 4.39 Å². The van der Waals surface area contributed by atoms with Crippen LogP contribution >= 0.6 is 27.5 Å². The number of nitrogens with zero attached hydrogens (tertiary/aromatic N) is 1. The van der Waals surface area contributed by atoms with Crippen molar-refractivity contribution in [3.05, 3.63) is 34.1 Å². The lowest BCUT2D eigenvalue weighted by atomic mass is 9.99. The fourth-order valence-electron chi connectivity index (χ4n) is 2.51. The average Bonchev–Trinajstić information content (AvgIpc) is 2.42. The topological polar surface area (TPSA) is 20.3 Å². The molecular weight excluding hydrogens is 333 g/mol. The molecule has 19 heavy (non-hydrogen) atoms. The van der Waals surface area contributed by atoms with E-state index in [1.807, 2.05) is 4.90 Å². The number of rotatable bonds is 3. The van der Waals surface area contributed by atoms with Crippen LogP contribution in [0.5, 0.6) is 0 Å². The molecule has 1 aromatic rings. The van der Waals surface area contributed by atoms with Crippen LogP contribution in [0.1, 0.15) is 36.0 Å². The van der Waals surface area contributed by atoms with Crippen LogP contribution in [-0.2, 0) is 0 Å². The van der Waals surface area contributed by atoms with Crippen LogP contribution in [0, 0.1) is 5.82 Å². The number of carbonyl (C=O) groups is 1. The first-order chi connectivity index (χ1) is 9.13. The molecule has 0 saturated carbocycles. The average molecular weight is 349 g/mol. The van der Waals surface area contributed by atoms with Gasteiger partial charge in [-0.1, -0.05) is 0 Å². The van der Waals surface area contributed by atoms with Crippen molar-refractivity contribution in [2.45, 2.75) is 31.7 Å². The van der Waals surface area contributed by atoms with E-state index in [2.05, 4.69) is 15.9 Å². The van der Waals surface area contributed by atoms with Gasteiger partial charge in [-0.05, 0) is 59.8 Å². The minimum atomic E-state index is -0.391. The molecule has 1 fully saturated rings. The summed E-state index contributed by atoms with van der Waals surface area (Å²) in [5.41, 5.74) is 0.390. The zero-order chi connectivity index (χ0) is 13.8. The molecule has 0 bridgehead atoms. The molecule has 1 unspecified atom stereocenters. The van der Waals surface area contributed by atoms with E-state index in [0.29, 0.717) is 15.9 Å². The quantitative estimate of drug-likeness (QED) is 0.749. The van der Waals surface area contributed by atoms with Crippen LogP contribution in [-0.4, -0.2) is 29.3 Å². The van der Waals surface area contributed by atoms with Crippen molar-refractivity contribution in [1.82, 2.24) is 4.90 Å². The maximum Gasteiger partial charge on any atom is 0.255 e. The molecule has 0 aromatic heterocycles. The number of benzene rings is 1. The molecule has 104 valence electrons. The van der Waals surface area contributed by atoms with Gasteiger partial charge in [0.1, 0.15) is 5.82 Å². The number of carbonyl (C=O) groups excluding carboxylic acids is 1. The summed E-state index contributed by atoms with van der Waals surface area (Å²) in [6.07, 6.45) is 3.89. The third-order valence-electron chi connectivity index (χ3n) is 3.49. The highest BCUT2D eigenvalue weighted by molar-refractivity contribution is 9.10. The summed E-state index contributed by atoms with van der Waals surface area (Å²) in [5.74, 6) is 0.0392. The second kappa shape index (κ2) is 6.71. The molecule has 0 N–H and O–H groups in total. The smallest absolute Gasteiger partial charge is 0.255 e. The molecule has 0 aliphatic carbocycles. The number of likely N-dealkylation sites (tertiary alicyclic amines) is 1. The molecular formula is C14H16BrClFNO. The fourth-order valence-corrected chi connectivity index (χ4v) is 3.18. The van der Waals surface area contributed by atoms with E-state index in [1.54, 1.807) is 6.07 Å². The molecule has 5 heteroatoms. The van der Waals surface area contributed by atoms with Crippen molar-refractivity contribution in [3.63, 3.8) is 0 Å². The molecule has 2 nitrogen and oxygen atoms in total. The minimum absolute atomic E-state index is 0.110. The van der Waals surface area contributed by atoms with Gasteiger partial charge in [-0.25, -0.2) is 4.39 Å². The summed E-state index contributed by atoms with van der Waals surface area (Å²) in [5, 5.41) is 0. The number of hydrogen-bond donors (Lipinski definition) is 0. The van der Waals surface area contributed by atoms with Crippen LogP contribution < -0.4 is 0 Å². The molecule has 0 spiro atoms. The minimum Gasteiger partial charge on any atom is -0.336 e. The number of hydrogen-bond acceptors (Lipinski definition) is 1. The predicted octanol–water partition coefficient (Wildman–Crippen LogP) is 4.21. The molecule has 0 radical (unpaired) electrons. The predicted molar refractivity (Wildman–Crippen MR) is 78.1 cm³/mol. The summed E-state index contributed by atoms with van der Waals surface area (Å²) >= 11 is 9.12. The van der Waals surface area contributed by atoms with Crippen molar-refractivity contribution in [2.75, 3.05) is 12.4 Å². The van der Waals surface area contributed by atoms with E-state index in [0.717, 1.165) is 32.2 Å². The second-order valence-electron chi connectivity index (χ2n) is 4.75. The lowest BCUT2D eigenvalue weighted by molar-refractivity contribution is 0.0608. The molecule has 1 aliphatic heterocycles. The molecule has 1 heterocycles. The van der Waals surface area contributed by atoms with E-state index in [9.17, 15) is 9.18 Å². The monoisotopic (exact) mass is 347 g/mol. The number of amides is 1. The van der Waals surface area contributed by atoms with Gasteiger partial charge in [0.15, 0.2) is 0 Å². The van der Waals surface area contributed by atoms with Crippen LogP contribution in [0.15, 0.2) is 22.7 Å². The van der Waals surface area contributed by atoms with Gasteiger partial charge in [0.05, 0.1) is 5.56 Å². The van der Waals surface area contributed by atoms with Gasteiger partial charge in [0.2, 0.25) is 0 Å². The Morgan fingerprint density at radius 2 is 2.26 bits per heavy atom. The first kappa shape index (κ1) is 14.8. The normalized spacial score (nSPS) is 19.5. The SMILES string of the molecule is O=C(c1cc(F)ccc1Br)N1CCCCC1CCCl. The van der Waals surface area contributed by atoms with Gasteiger partial charge in [-0.2, -0.15) is 0 Å². The third kappa shape index (κ3) is 3.48. The molecule has 1 aromatic carbocycles. The maximum atomic E-state index is 13.3. The number of alkyl halides is 1. The Labute approximate surface area is 126 Å². The highest BCUT2D eigenvalue weighted by Crippen LogP contribution is 2.25. The molecule has 1 aliphatic rings. The highest BCUT2D eigenvalue weighted by atomic mass is 79.9. The maximum absolute atomic E-state index is 13.3. The standard InChI is InChI=1S/C14H16BrClFNO/c15-13-5-4-10(17)9-12(13)14(19)18-8-2-1-3-11(18)6-7-16/h4-5,9,11H,1-3,6-8H2. The van der Waals surface area contributed by atoms with Crippen molar-refractivity contribution >= 4 is 33.4 Å². The Morgan fingerprint density at radius 1 is 1.47 bits per heavy atom. The van der Waals surface area contributed by atoms with Gasteiger partial charge in [-0.3, -0.25) is 4.79 Å². The summed E-state index contributed by atoms with van der Waals surface area (Å²) in [6, 6.07) is 4.38. The molecule has 1 atom stereocenters. The van der Waals surface area contributed by atoms with Crippen molar-refractivity contribution in [3.8, 4) is 0 Å².